The highest BCUT2D eigenvalue weighted by atomic mass is 16.5. The molecule has 0 radical (unpaired) electrons. The predicted octanol–water partition coefficient (Wildman–Crippen LogP) is 3.31. The van der Waals surface area contributed by atoms with Crippen molar-refractivity contribution in [3.05, 3.63) is 59.4 Å². The molecule has 0 atom stereocenters. The molecule has 0 bridgehead atoms. The van der Waals surface area contributed by atoms with Crippen molar-refractivity contribution in [2.45, 2.75) is 39.2 Å². The van der Waals surface area contributed by atoms with Crippen LogP contribution in [0.2, 0.25) is 0 Å². The number of piperidine rings is 1. The highest BCUT2D eigenvalue weighted by molar-refractivity contribution is 5.78. The van der Waals surface area contributed by atoms with Crippen molar-refractivity contribution in [3.8, 4) is 5.75 Å². The number of hydrogen-bond donors (Lipinski definition) is 0. The number of hydrogen-bond acceptors (Lipinski definition) is 3. The molecular formula is C20H24N2O2. The molecular weight excluding hydrogens is 300 g/mol. The summed E-state index contributed by atoms with van der Waals surface area (Å²) in [5.74, 6) is 1.01. The molecule has 1 amide bonds. The van der Waals surface area contributed by atoms with Crippen LogP contribution in [0.15, 0.2) is 42.6 Å². The minimum absolute atomic E-state index is 0.164. The summed E-state index contributed by atoms with van der Waals surface area (Å²) in [6.07, 6.45) is 4.15. The third-order valence-corrected chi connectivity index (χ3v) is 4.42. The van der Waals surface area contributed by atoms with Crippen molar-refractivity contribution in [1.82, 2.24) is 9.88 Å². The van der Waals surface area contributed by atoms with Gasteiger partial charge < -0.3 is 9.64 Å². The summed E-state index contributed by atoms with van der Waals surface area (Å²) >= 11 is 0. The lowest BCUT2D eigenvalue weighted by Crippen LogP contribution is -2.42. The second-order valence-electron chi connectivity index (χ2n) is 6.50. The first-order valence-electron chi connectivity index (χ1n) is 8.53. The zero-order valence-electron chi connectivity index (χ0n) is 14.4. The number of amides is 1. The molecule has 4 heteroatoms. The van der Waals surface area contributed by atoms with Gasteiger partial charge in [-0.05, 0) is 31.5 Å². The van der Waals surface area contributed by atoms with E-state index in [2.05, 4.69) is 24.0 Å². The lowest BCUT2D eigenvalue weighted by atomic mass is 10.0. The fraction of sp³-hybridized carbons (Fsp3) is 0.400. The van der Waals surface area contributed by atoms with Crippen molar-refractivity contribution >= 4 is 5.91 Å². The second kappa shape index (κ2) is 7.47. The molecule has 2 heterocycles. The van der Waals surface area contributed by atoms with E-state index in [1.807, 2.05) is 36.1 Å². The minimum atomic E-state index is 0.164. The Morgan fingerprint density at radius 2 is 2.00 bits per heavy atom. The van der Waals surface area contributed by atoms with Crippen molar-refractivity contribution in [1.29, 1.82) is 0 Å². The number of benzene rings is 1. The lowest BCUT2D eigenvalue weighted by molar-refractivity contribution is -0.132. The van der Waals surface area contributed by atoms with Crippen LogP contribution < -0.4 is 4.74 Å². The highest BCUT2D eigenvalue weighted by Crippen LogP contribution is 2.19. The maximum Gasteiger partial charge on any atom is 0.226 e. The molecule has 0 saturated carbocycles. The number of ether oxygens (including phenoxy) is 1. The number of aryl methyl sites for hydroxylation is 2. The predicted molar refractivity (Wildman–Crippen MR) is 94.1 cm³/mol. The van der Waals surface area contributed by atoms with Gasteiger partial charge in [-0.3, -0.25) is 9.78 Å². The Morgan fingerprint density at radius 3 is 2.67 bits per heavy atom. The summed E-state index contributed by atoms with van der Waals surface area (Å²) in [5.41, 5.74) is 3.27. The van der Waals surface area contributed by atoms with Crippen LogP contribution in [-0.2, 0) is 11.2 Å². The number of pyridine rings is 1. The van der Waals surface area contributed by atoms with E-state index < -0.39 is 0 Å². The van der Waals surface area contributed by atoms with Crippen molar-refractivity contribution in [3.63, 3.8) is 0 Å². The van der Waals surface area contributed by atoms with Crippen LogP contribution in [0.5, 0.6) is 5.75 Å². The first kappa shape index (κ1) is 16.5. The molecule has 24 heavy (non-hydrogen) atoms. The second-order valence-corrected chi connectivity index (χ2v) is 6.50. The van der Waals surface area contributed by atoms with Gasteiger partial charge in [-0.1, -0.05) is 29.8 Å². The molecule has 0 unspecified atom stereocenters. The summed E-state index contributed by atoms with van der Waals surface area (Å²) in [7, 11) is 0. The van der Waals surface area contributed by atoms with Crippen LogP contribution in [0.4, 0.5) is 0 Å². The van der Waals surface area contributed by atoms with Crippen LogP contribution in [0.3, 0.4) is 0 Å². The van der Waals surface area contributed by atoms with Crippen LogP contribution in [0, 0.1) is 13.8 Å². The lowest BCUT2D eigenvalue weighted by Gasteiger charge is -2.32. The Balaban J connectivity index is 1.49. The number of aromatic nitrogens is 1. The summed E-state index contributed by atoms with van der Waals surface area (Å²) in [5, 5.41) is 0. The van der Waals surface area contributed by atoms with Gasteiger partial charge in [0, 0.05) is 31.6 Å². The molecule has 1 aromatic carbocycles. The molecule has 1 saturated heterocycles. The van der Waals surface area contributed by atoms with E-state index in [-0.39, 0.29) is 12.0 Å². The third-order valence-electron chi connectivity index (χ3n) is 4.42. The fourth-order valence-corrected chi connectivity index (χ4v) is 3.05. The minimum Gasteiger partial charge on any atom is -0.489 e. The SMILES string of the molecule is Cc1cccc(CC(=O)N2CCC(Oc3ccc(C)nc3)CC2)c1. The normalized spacial score (nSPS) is 15.3. The van der Waals surface area contributed by atoms with Gasteiger partial charge in [-0.15, -0.1) is 0 Å². The number of likely N-dealkylation sites (tertiary alicyclic amines) is 1. The molecule has 2 aromatic rings. The number of carbonyl (C=O) groups is 1. The molecule has 126 valence electrons. The van der Waals surface area contributed by atoms with Gasteiger partial charge in [-0.25, -0.2) is 0 Å². The zero-order chi connectivity index (χ0) is 16.9. The van der Waals surface area contributed by atoms with Gasteiger partial charge in [0.1, 0.15) is 11.9 Å². The quantitative estimate of drug-likeness (QED) is 0.866. The monoisotopic (exact) mass is 324 g/mol. The maximum atomic E-state index is 12.5. The van der Waals surface area contributed by atoms with E-state index in [9.17, 15) is 4.79 Å². The molecule has 0 aliphatic carbocycles. The van der Waals surface area contributed by atoms with E-state index in [1.165, 1.54) is 5.56 Å². The number of nitrogens with zero attached hydrogens (tertiary/aromatic N) is 2. The van der Waals surface area contributed by atoms with Gasteiger partial charge in [0.05, 0.1) is 12.6 Å². The van der Waals surface area contributed by atoms with Crippen LogP contribution in [0.25, 0.3) is 0 Å². The first-order valence-corrected chi connectivity index (χ1v) is 8.53. The van der Waals surface area contributed by atoms with E-state index in [0.717, 1.165) is 42.9 Å². The van der Waals surface area contributed by atoms with Crippen LogP contribution >= 0.6 is 0 Å². The average molecular weight is 324 g/mol. The van der Waals surface area contributed by atoms with E-state index >= 15 is 0 Å². The summed E-state index contributed by atoms with van der Waals surface area (Å²) < 4.78 is 5.97. The smallest absolute Gasteiger partial charge is 0.226 e. The Bertz CT molecular complexity index is 689. The van der Waals surface area contributed by atoms with Crippen LogP contribution in [0.1, 0.15) is 29.7 Å². The molecule has 3 rings (SSSR count). The van der Waals surface area contributed by atoms with Gasteiger partial charge in [0.25, 0.3) is 0 Å². The Hall–Kier alpha value is -2.36. The van der Waals surface area contributed by atoms with Gasteiger partial charge in [0.2, 0.25) is 5.91 Å². The number of rotatable bonds is 4. The largest absolute Gasteiger partial charge is 0.489 e. The fourth-order valence-electron chi connectivity index (χ4n) is 3.05. The van der Waals surface area contributed by atoms with E-state index in [1.54, 1.807) is 6.20 Å². The molecule has 1 aliphatic heterocycles. The molecule has 1 fully saturated rings. The third kappa shape index (κ3) is 4.34. The van der Waals surface area contributed by atoms with Gasteiger partial charge in [0.15, 0.2) is 0 Å². The zero-order valence-corrected chi connectivity index (χ0v) is 14.4. The topological polar surface area (TPSA) is 42.4 Å². The Kier molecular flexibility index (Phi) is 5.14. The van der Waals surface area contributed by atoms with E-state index in [4.69, 9.17) is 4.74 Å². The standard InChI is InChI=1S/C20H24N2O2/c1-15-4-3-5-17(12-15)13-20(23)22-10-8-18(9-11-22)24-19-7-6-16(2)21-14-19/h3-7,12,14,18H,8-11,13H2,1-2H3. The molecule has 1 aromatic heterocycles. The first-order chi connectivity index (χ1) is 11.6. The Labute approximate surface area is 143 Å². The summed E-state index contributed by atoms with van der Waals surface area (Å²) in [6, 6.07) is 12.1. The van der Waals surface area contributed by atoms with Gasteiger partial charge in [-0.2, -0.15) is 0 Å². The molecule has 1 aliphatic rings. The van der Waals surface area contributed by atoms with Crippen molar-refractivity contribution < 1.29 is 9.53 Å². The number of carbonyl (C=O) groups excluding carboxylic acids is 1. The molecule has 4 nitrogen and oxygen atoms in total. The average Bonchev–Trinajstić information content (AvgIpc) is 2.57. The molecule has 0 spiro atoms. The highest BCUT2D eigenvalue weighted by Gasteiger charge is 2.24. The van der Waals surface area contributed by atoms with Crippen molar-refractivity contribution in [2.75, 3.05) is 13.1 Å². The summed E-state index contributed by atoms with van der Waals surface area (Å²) in [4.78, 5) is 18.7. The van der Waals surface area contributed by atoms with Gasteiger partial charge >= 0.3 is 0 Å². The van der Waals surface area contributed by atoms with Crippen molar-refractivity contribution in [2.24, 2.45) is 0 Å². The molecule has 0 N–H and O–H groups in total. The van der Waals surface area contributed by atoms with E-state index in [0.29, 0.717) is 6.42 Å². The Morgan fingerprint density at radius 1 is 1.21 bits per heavy atom. The summed E-state index contributed by atoms with van der Waals surface area (Å²) in [6.45, 7) is 5.53. The maximum absolute atomic E-state index is 12.5. The van der Waals surface area contributed by atoms with Crippen LogP contribution in [-0.4, -0.2) is 35.0 Å².